The van der Waals surface area contributed by atoms with Gasteiger partial charge in [0.1, 0.15) is 0 Å². The summed E-state index contributed by atoms with van der Waals surface area (Å²) in [5.74, 6) is 6.79. The van der Waals surface area contributed by atoms with E-state index in [0.29, 0.717) is 0 Å². The second-order valence-electron chi connectivity index (χ2n) is 40.7. The van der Waals surface area contributed by atoms with Crippen LogP contribution in [0.5, 0.6) is 0 Å². The van der Waals surface area contributed by atoms with Gasteiger partial charge >= 0.3 is 0 Å². The molecule has 2 heteroatoms. The summed E-state index contributed by atoms with van der Waals surface area (Å²) in [5.41, 5.74) is 40.2. The molecule has 8 fully saturated rings. The molecule has 0 N–H and O–H groups in total. The van der Waals surface area contributed by atoms with Crippen LogP contribution in [-0.2, 0) is 10.8 Å². The molecular weight excluding hydrogens is 1610 g/mol. The summed E-state index contributed by atoms with van der Waals surface area (Å²) < 4.78 is 4.81. The van der Waals surface area contributed by atoms with E-state index < -0.39 is 0 Å². The van der Waals surface area contributed by atoms with Gasteiger partial charge in [0.15, 0.2) is 0 Å². The van der Waals surface area contributed by atoms with Crippen molar-refractivity contribution in [1.82, 2.24) is 9.13 Å². The van der Waals surface area contributed by atoms with E-state index >= 15 is 0 Å². The number of hydrogen-bond acceptors (Lipinski definition) is 0. The molecule has 0 radical (unpaired) electrons. The van der Waals surface area contributed by atoms with Crippen molar-refractivity contribution in [3.05, 3.63) is 447 Å². The third-order valence-corrected chi connectivity index (χ3v) is 34.4. The number of rotatable bonds is 10. The van der Waals surface area contributed by atoms with Gasteiger partial charge in [0.2, 0.25) is 0 Å². The summed E-state index contributed by atoms with van der Waals surface area (Å²) in [5, 5.41) is 15.3. The summed E-state index contributed by atoms with van der Waals surface area (Å²) in [7, 11) is 0. The highest BCUT2D eigenvalue weighted by atomic mass is 15.0. The highest BCUT2D eigenvalue weighted by molar-refractivity contribution is 6.24. The molecule has 2 spiro atoms. The van der Waals surface area contributed by atoms with E-state index in [-0.39, 0.29) is 10.8 Å². The SMILES string of the molecule is c1ccc(-c2cc(-c3c4ccccc4c(-c4ccc(-n5c6ccccc6c6ccccc65)cc4)c4ccccc34)ccc2-c2ccc3c(c2)-c2ccccc2C32C3CC4CC(C3)CC2C4)cc1.c1ccc(-c2cc(-c3c4ccccc4c(-c4ccc(-n5c6ccccc6c6ccccc65)cc4)c4ccccc34)ccc2-c2ccc3c(c2)-c2ccccc2C32C3CC4CC(C3)CC2C4)cc1. The summed E-state index contributed by atoms with van der Waals surface area (Å²) in [6.45, 7) is 0. The Morgan fingerprint density at radius 2 is 0.396 bits per heavy atom. The molecule has 0 aliphatic heterocycles. The number of benzene rings is 20. The van der Waals surface area contributed by atoms with Crippen LogP contribution in [0, 0.1) is 47.3 Å². The fraction of sp³-hybridized carbons (Fsp3) is 0.152. The lowest BCUT2D eigenvalue weighted by Crippen LogP contribution is -2.55. The fourth-order valence-electron chi connectivity index (χ4n) is 29.7. The molecule has 8 saturated carbocycles. The van der Waals surface area contributed by atoms with Gasteiger partial charge in [-0.15, -0.1) is 0 Å². The maximum absolute atomic E-state index is 2.57. The van der Waals surface area contributed by atoms with E-state index in [1.807, 2.05) is 0 Å². The molecule has 0 atom stereocenters. The van der Waals surface area contributed by atoms with Gasteiger partial charge in [0.05, 0.1) is 22.1 Å². The number of hydrogen-bond donors (Lipinski definition) is 0. The van der Waals surface area contributed by atoms with Crippen LogP contribution in [0.2, 0.25) is 0 Å². The highest BCUT2D eigenvalue weighted by Gasteiger charge is 2.63. The minimum atomic E-state index is 0.173. The molecule has 10 aliphatic carbocycles. The van der Waals surface area contributed by atoms with Crippen LogP contribution in [0.4, 0.5) is 0 Å². The van der Waals surface area contributed by atoms with Crippen LogP contribution in [0.25, 0.3) is 209 Å². The monoisotopic (exact) mass is 1710 g/mol. The molecule has 32 rings (SSSR count). The molecule has 2 aromatic heterocycles. The zero-order valence-corrected chi connectivity index (χ0v) is 75.0. The van der Waals surface area contributed by atoms with E-state index in [9.17, 15) is 0 Å². The Morgan fingerprint density at radius 3 is 0.709 bits per heavy atom. The Bertz CT molecular complexity index is 7850. The van der Waals surface area contributed by atoms with Gasteiger partial charge in [0.25, 0.3) is 0 Å². The largest absolute Gasteiger partial charge is 0.309 e. The summed E-state index contributed by atoms with van der Waals surface area (Å²) in [6.07, 6.45) is 14.2. The van der Waals surface area contributed by atoms with E-state index in [4.69, 9.17) is 0 Å². The molecule has 2 nitrogen and oxygen atoms in total. The van der Waals surface area contributed by atoms with E-state index in [2.05, 4.69) is 434 Å². The van der Waals surface area contributed by atoms with Crippen molar-refractivity contribution in [3.8, 4) is 123 Å². The standard InChI is InChI=1S/2C66H49N/c2*1-2-14-43(15-3-1)58-40-46(28-32-50(58)45-29-33-61-59(39-45)51-16-8-11-23-60(51)66(61)47-35-41-34-42(37-47)38-48(66)36-41)65-56-21-6-4-19-54(56)64(55-20-5-7-22-57(55)65)44-26-30-49(31-27-44)67-62-24-12-9-17-52(62)53-18-10-13-25-63(53)67/h2*1-33,39-42,47-48H,34-38H2. The van der Waals surface area contributed by atoms with Crippen LogP contribution in [-0.4, -0.2) is 9.13 Å². The fourth-order valence-corrected chi connectivity index (χ4v) is 29.7. The Balaban J connectivity index is 0.000000131. The lowest BCUT2D eigenvalue weighted by atomic mass is 9.43. The molecule has 0 saturated heterocycles. The Hall–Kier alpha value is -15.0. The molecule has 0 unspecified atom stereocenters. The van der Waals surface area contributed by atoms with Gasteiger partial charge in [0, 0.05) is 43.7 Å². The van der Waals surface area contributed by atoms with Crippen molar-refractivity contribution >= 4 is 86.7 Å². The third-order valence-electron chi connectivity index (χ3n) is 34.4. The smallest absolute Gasteiger partial charge is 0.0541 e. The molecule has 134 heavy (non-hydrogen) atoms. The minimum absolute atomic E-state index is 0.173. The average molecular weight is 1710 g/mol. The quantitative estimate of drug-likeness (QED) is 0.121. The molecule has 0 amide bonds. The van der Waals surface area contributed by atoms with E-state index in [0.717, 1.165) is 47.3 Å². The second-order valence-corrected chi connectivity index (χ2v) is 40.7. The number of nitrogens with zero attached hydrogens (tertiary/aromatic N) is 2. The maximum Gasteiger partial charge on any atom is 0.0541 e. The second kappa shape index (κ2) is 29.8. The summed E-state index contributed by atoms with van der Waals surface area (Å²) >= 11 is 0. The first-order valence-electron chi connectivity index (χ1n) is 49.4. The minimum Gasteiger partial charge on any atom is -0.309 e. The van der Waals surface area contributed by atoms with Crippen molar-refractivity contribution < 1.29 is 0 Å². The van der Waals surface area contributed by atoms with E-state index in [1.165, 1.54) is 274 Å². The van der Waals surface area contributed by atoms with Crippen molar-refractivity contribution in [2.24, 2.45) is 47.3 Å². The Morgan fingerprint density at radius 1 is 0.157 bits per heavy atom. The molecule has 636 valence electrons. The van der Waals surface area contributed by atoms with Crippen LogP contribution in [0.1, 0.15) is 86.5 Å². The van der Waals surface area contributed by atoms with Gasteiger partial charge in [-0.2, -0.15) is 0 Å². The van der Waals surface area contributed by atoms with Crippen LogP contribution in [0.3, 0.4) is 0 Å². The maximum atomic E-state index is 2.57. The molecule has 20 aromatic carbocycles. The predicted molar refractivity (Wildman–Crippen MR) is 562 cm³/mol. The van der Waals surface area contributed by atoms with Crippen LogP contribution < -0.4 is 0 Å². The first-order chi connectivity index (χ1) is 66.4. The summed E-state index contributed by atoms with van der Waals surface area (Å²) in [6, 6.07) is 161. The first kappa shape index (κ1) is 76.7. The Kier molecular flexibility index (Phi) is 17.0. The normalized spacial score (nSPS) is 21.2. The number of fused-ring (bicyclic) bond motifs is 16. The number of para-hydroxylation sites is 4. The first-order valence-corrected chi connectivity index (χ1v) is 49.4. The highest BCUT2D eigenvalue weighted by Crippen LogP contribution is 2.72. The topological polar surface area (TPSA) is 9.86 Å². The predicted octanol–water partition coefficient (Wildman–Crippen LogP) is 35.0. The molecular formula is C132H98N2. The van der Waals surface area contributed by atoms with Gasteiger partial charge in [-0.1, -0.05) is 352 Å². The van der Waals surface area contributed by atoms with Crippen molar-refractivity contribution in [2.45, 2.75) is 75.0 Å². The molecule has 8 bridgehead atoms. The molecule has 10 aliphatic rings. The average Bonchev–Trinajstić information content (AvgIpc) is 1.49. The van der Waals surface area contributed by atoms with Crippen molar-refractivity contribution in [1.29, 1.82) is 0 Å². The molecule has 22 aromatic rings. The lowest BCUT2D eigenvalue weighted by Gasteiger charge is -2.61. The summed E-state index contributed by atoms with van der Waals surface area (Å²) in [4.78, 5) is 0. The van der Waals surface area contributed by atoms with Gasteiger partial charge in [-0.25, -0.2) is 0 Å². The zero-order chi connectivity index (χ0) is 87.6. The van der Waals surface area contributed by atoms with Crippen molar-refractivity contribution in [3.63, 3.8) is 0 Å². The number of aromatic nitrogens is 2. The van der Waals surface area contributed by atoms with Crippen LogP contribution >= 0.6 is 0 Å². The molecule has 2 heterocycles. The lowest BCUT2D eigenvalue weighted by molar-refractivity contribution is -0.0399. The van der Waals surface area contributed by atoms with E-state index in [1.54, 1.807) is 22.3 Å². The zero-order valence-electron chi connectivity index (χ0n) is 75.0. The van der Waals surface area contributed by atoms with Gasteiger partial charge in [-0.3, -0.25) is 0 Å². The van der Waals surface area contributed by atoms with Gasteiger partial charge in [-0.05, 0) is 361 Å². The Labute approximate surface area is 782 Å². The van der Waals surface area contributed by atoms with Gasteiger partial charge < -0.3 is 9.13 Å². The third kappa shape index (κ3) is 11.2. The van der Waals surface area contributed by atoms with Crippen molar-refractivity contribution in [2.75, 3.05) is 0 Å². The van der Waals surface area contributed by atoms with Crippen LogP contribution in [0.15, 0.2) is 425 Å².